The SMILES string of the molecule is CCCOc1ccc(Br)cc1-c1cc(C)[nH]c(=O)c1C#N. The largest absolute Gasteiger partial charge is 0.493 e. The monoisotopic (exact) mass is 346 g/mol. The van der Waals surface area contributed by atoms with Crippen LogP contribution in [-0.2, 0) is 0 Å². The van der Waals surface area contributed by atoms with E-state index in [0.29, 0.717) is 23.6 Å². The van der Waals surface area contributed by atoms with Crippen molar-refractivity contribution in [3.05, 3.63) is 50.3 Å². The number of halogens is 1. The van der Waals surface area contributed by atoms with Crippen LogP contribution in [0.25, 0.3) is 11.1 Å². The molecule has 1 aromatic heterocycles. The first-order valence-corrected chi connectivity index (χ1v) is 7.43. The maximum Gasteiger partial charge on any atom is 0.266 e. The summed E-state index contributed by atoms with van der Waals surface area (Å²) in [5, 5.41) is 9.27. The van der Waals surface area contributed by atoms with Gasteiger partial charge in [0.05, 0.1) is 6.61 Å². The second kappa shape index (κ2) is 6.59. The number of benzene rings is 1. The molecule has 0 spiro atoms. The lowest BCUT2D eigenvalue weighted by Crippen LogP contribution is -2.13. The normalized spacial score (nSPS) is 10.2. The van der Waals surface area contributed by atoms with E-state index in [9.17, 15) is 10.1 Å². The lowest BCUT2D eigenvalue weighted by molar-refractivity contribution is 0.318. The maximum atomic E-state index is 11.9. The molecule has 0 aliphatic rings. The fourth-order valence-electron chi connectivity index (χ4n) is 2.06. The van der Waals surface area contributed by atoms with Gasteiger partial charge in [-0.1, -0.05) is 22.9 Å². The van der Waals surface area contributed by atoms with Gasteiger partial charge in [0, 0.05) is 21.3 Å². The van der Waals surface area contributed by atoms with Crippen LogP contribution >= 0.6 is 15.9 Å². The smallest absolute Gasteiger partial charge is 0.266 e. The summed E-state index contributed by atoms with van der Waals surface area (Å²) in [6.45, 7) is 4.39. The Bertz CT molecular complexity index is 760. The highest BCUT2D eigenvalue weighted by Crippen LogP contribution is 2.34. The van der Waals surface area contributed by atoms with Gasteiger partial charge in [0.15, 0.2) is 0 Å². The number of pyridine rings is 1. The molecule has 5 heteroatoms. The highest BCUT2D eigenvalue weighted by Gasteiger charge is 2.15. The van der Waals surface area contributed by atoms with Gasteiger partial charge < -0.3 is 9.72 Å². The molecule has 0 atom stereocenters. The molecule has 2 rings (SSSR count). The zero-order valence-corrected chi connectivity index (χ0v) is 13.5. The molecule has 0 amide bonds. The van der Waals surface area contributed by atoms with E-state index < -0.39 is 0 Å². The third kappa shape index (κ3) is 3.34. The topological polar surface area (TPSA) is 65.9 Å². The molecule has 108 valence electrons. The van der Waals surface area contributed by atoms with Crippen molar-refractivity contribution >= 4 is 15.9 Å². The van der Waals surface area contributed by atoms with E-state index >= 15 is 0 Å². The quantitative estimate of drug-likeness (QED) is 0.916. The molecule has 2 aromatic rings. The van der Waals surface area contributed by atoms with Gasteiger partial charge in [-0.3, -0.25) is 4.79 Å². The molecule has 4 nitrogen and oxygen atoms in total. The van der Waals surface area contributed by atoms with E-state index in [-0.39, 0.29) is 11.1 Å². The summed E-state index contributed by atoms with van der Waals surface area (Å²) in [6.07, 6.45) is 0.884. The fraction of sp³-hybridized carbons (Fsp3) is 0.250. The number of ether oxygens (including phenoxy) is 1. The van der Waals surface area contributed by atoms with Crippen molar-refractivity contribution < 1.29 is 4.74 Å². The Morgan fingerprint density at radius 3 is 2.76 bits per heavy atom. The lowest BCUT2D eigenvalue weighted by atomic mass is 10.00. The van der Waals surface area contributed by atoms with Crippen molar-refractivity contribution in [2.24, 2.45) is 0 Å². The molecule has 21 heavy (non-hydrogen) atoms. The van der Waals surface area contributed by atoms with Gasteiger partial charge >= 0.3 is 0 Å². The zero-order valence-electron chi connectivity index (χ0n) is 11.9. The van der Waals surface area contributed by atoms with Crippen LogP contribution in [0, 0.1) is 18.3 Å². The summed E-state index contributed by atoms with van der Waals surface area (Å²) < 4.78 is 6.60. The molecule has 0 saturated carbocycles. The first kappa shape index (κ1) is 15.3. The Morgan fingerprint density at radius 2 is 2.10 bits per heavy atom. The van der Waals surface area contributed by atoms with Crippen LogP contribution < -0.4 is 10.3 Å². The lowest BCUT2D eigenvalue weighted by Gasteiger charge is -2.13. The van der Waals surface area contributed by atoms with Crippen LogP contribution in [0.2, 0.25) is 0 Å². The van der Waals surface area contributed by atoms with E-state index in [1.165, 1.54) is 0 Å². The maximum absolute atomic E-state index is 11.9. The minimum Gasteiger partial charge on any atom is -0.493 e. The number of hydrogen-bond donors (Lipinski definition) is 1. The van der Waals surface area contributed by atoms with Crippen LogP contribution in [0.5, 0.6) is 5.75 Å². The number of H-pyrrole nitrogens is 1. The summed E-state index contributed by atoms with van der Waals surface area (Å²) in [6, 6.07) is 9.35. The van der Waals surface area contributed by atoms with E-state index in [1.54, 1.807) is 13.0 Å². The molecule has 0 saturated heterocycles. The van der Waals surface area contributed by atoms with Crippen LogP contribution in [0.1, 0.15) is 24.6 Å². The van der Waals surface area contributed by atoms with Gasteiger partial charge in [0.1, 0.15) is 17.4 Å². The number of rotatable bonds is 4. The third-order valence-electron chi connectivity index (χ3n) is 2.97. The van der Waals surface area contributed by atoms with Gasteiger partial charge in [-0.05, 0) is 37.6 Å². The number of nitriles is 1. The number of aryl methyl sites for hydroxylation is 1. The van der Waals surface area contributed by atoms with Crippen molar-refractivity contribution in [2.45, 2.75) is 20.3 Å². The predicted molar refractivity (Wildman–Crippen MR) is 85.4 cm³/mol. The number of nitrogens with zero attached hydrogens (tertiary/aromatic N) is 1. The average Bonchev–Trinajstić information content (AvgIpc) is 2.45. The van der Waals surface area contributed by atoms with Crippen LogP contribution in [0.15, 0.2) is 33.5 Å². The van der Waals surface area contributed by atoms with Gasteiger partial charge in [-0.15, -0.1) is 0 Å². The highest BCUT2D eigenvalue weighted by atomic mass is 79.9. The van der Waals surface area contributed by atoms with Gasteiger partial charge in [-0.25, -0.2) is 0 Å². The Kier molecular flexibility index (Phi) is 4.81. The highest BCUT2D eigenvalue weighted by molar-refractivity contribution is 9.10. The second-order valence-electron chi connectivity index (χ2n) is 4.67. The standard InChI is InChI=1S/C16H15BrN2O2/c1-3-6-21-15-5-4-11(17)8-13(15)12-7-10(2)19-16(20)14(12)9-18/h4-5,7-8H,3,6H2,1-2H3,(H,19,20). The Hall–Kier alpha value is -2.06. The molecule has 1 heterocycles. The van der Waals surface area contributed by atoms with Gasteiger partial charge in [0.25, 0.3) is 5.56 Å². The van der Waals surface area contributed by atoms with Crippen molar-refractivity contribution in [2.75, 3.05) is 6.61 Å². The van der Waals surface area contributed by atoms with Crippen LogP contribution in [0.3, 0.4) is 0 Å². The van der Waals surface area contributed by atoms with Crippen molar-refractivity contribution in [3.8, 4) is 22.9 Å². The fourth-order valence-corrected chi connectivity index (χ4v) is 2.42. The van der Waals surface area contributed by atoms with E-state index in [4.69, 9.17) is 4.74 Å². The summed E-state index contributed by atoms with van der Waals surface area (Å²) in [7, 11) is 0. The Balaban J connectivity index is 2.69. The number of aromatic amines is 1. The minimum absolute atomic E-state index is 0.0973. The van der Waals surface area contributed by atoms with Crippen LogP contribution in [0.4, 0.5) is 0 Å². The molecular formula is C16H15BrN2O2. The number of nitrogens with one attached hydrogen (secondary N) is 1. The van der Waals surface area contributed by atoms with Gasteiger partial charge in [0.2, 0.25) is 0 Å². The minimum atomic E-state index is -0.381. The average molecular weight is 347 g/mol. The molecule has 0 aliphatic carbocycles. The molecule has 0 bridgehead atoms. The van der Waals surface area contributed by atoms with Crippen molar-refractivity contribution in [1.82, 2.24) is 4.98 Å². The summed E-state index contributed by atoms with van der Waals surface area (Å²) in [5.74, 6) is 0.668. The Labute approximate surface area is 131 Å². The number of aromatic nitrogens is 1. The summed E-state index contributed by atoms with van der Waals surface area (Å²) in [5.41, 5.74) is 1.75. The molecule has 1 aromatic carbocycles. The van der Waals surface area contributed by atoms with Gasteiger partial charge in [-0.2, -0.15) is 5.26 Å². The van der Waals surface area contributed by atoms with E-state index in [1.807, 2.05) is 31.2 Å². The molecule has 0 aliphatic heterocycles. The third-order valence-corrected chi connectivity index (χ3v) is 3.47. The van der Waals surface area contributed by atoms with Crippen molar-refractivity contribution in [3.63, 3.8) is 0 Å². The summed E-state index contributed by atoms with van der Waals surface area (Å²) in [4.78, 5) is 14.6. The molecule has 0 radical (unpaired) electrons. The molecule has 0 fully saturated rings. The molecule has 1 N–H and O–H groups in total. The molecule has 0 unspecified atom stereocenters. The van der Waals surface area contributed by atoms with E-state index in [0.717, 1.165) is 16.5 Å². The first-order valence-electron chi connectivity index (χ1n) is 6.63. The second-order valence-corrected chi connectivity index (χ2v) is 5.59. The van der Waals surface area contributed by atoms with Crippen molar-refractivity contribution in [1.29, 1.82) is 5.26 Å². The van der Waals surface area contributed by atoms with Crippen LogP contribution in [-0.4, -0.2) is 11.6 Å². The number of hydrogen-bond acceptors (Lipinski definition) is 3. The Morgan fingerprint density at radius 1 is 1.33 bits per heavy atom. The van der Waals surface area contributed by atoms with E-state index in [2.05, 4.69) is 20.9 Å². The first-order chi connectivity index (χ1) is 10.1. The molecular weight excluding hydrogens is 332 g/mol. The summed E-state index contributed by atoms with van der Waals surface area (Å²) >= 11 is 3.42. The zero-order chi connectivity index (χ0) is 15.4. The predicted octanol–water partition coefficient (Wildman–Crippen LogP) is 3.77.